The van der Waals surface area contributed by atoms with Crippen LogP contribution in [0.1, 0.15) is 30.4 Å². The highest BCUT2D eigenvalue weighted by Gasteiger charge is 2.47. The van der Waals surface area contributed by atoms with Gasteiger partial charge in [-0.1, -0.05) is 67.6 Å². The Morgan fingerprint density at radius 2 is 1.55 bits per heavy atom. The van der Waals surface area contributed by atoms with E-state index in [0.717, 1.165) is 19.5 Å². The van der Waals surface area contributed by atoms with Crippen molar-refractivity contribution in [1.29, 1.82) is 0 Å². The summed E-state index contributed by atoms with van der Waals surface area (Å²) in [6, 6.07) is 20.9. The third kappa shape index (κ3) is 5.32. The lowest BCUT2D eigenvalue weighted by atomic mass is 9.78. The number of nitrogens with zero attached hydrogens (tertiary/aromatic N) is 1. The summed E-state index contributed by atoms with van der Waals surface area (Å²) >= 11 is 0. The van der Waals surface area contributed by atoms with Crippen molar-refractivity contribution in [3.63, 3.8) is 0 Å². The number of rotatable bonds is 8. The quantitative estimate of drug-likeness (QED) is 0.659. The number of hydrogen-bond acceptors (Lipinski definition) is 3. The zero-order valence-corrected chi connectivity index (χ0v) is 19.1. The van der Waals surface area contributed by atoms with Crippen LogP contribution in [0.25, 0.3) is 0 Å². The zero-order chi connectivity index (χ0) is 19.3. The molecule has 3 rings (SSSR count). The number of hydrogen-bond donors (Lipinski definition) is 2. The molecule has 1 aliphatic heterocycles. The smallest absolute Gasteiger partial charge is 0.227 e. The van der Waals surface area contributed by atoms with Crippen LogP contribution in [-0.4, -0.2) is 44.5 Å². The van der Waals surface area contributed by atoms with Crippen molar-refractivity contribution in [2.24, 2.45) is 5.92 Å². The lowest BCUT2D eigenvalue weighted by molar-refractivity contribution is -0.145. The van der Waals surface area contributed by atoms with Crippen LogP contribution in [0.4, 0.5) is 0 Å². The molecule has 0 unspecified atom stereocenters. The van der Waals surface area contributed by atoms with Crippen LogP contribution in [0.2, 0.25) is 0 Å². The SMILES string of the molecule is CC[C@@H](c1ccccc1)[C@@H](CNC)C(=O)N1CC(NC)(c2ccccc2)C1.Cl.Cl. The number of carbonyl (C=O) groups is 1. The Balaban J connectivity index is 0.00000210. The molecule has 0 aliphatic carbocycles. The van der Waals surface area contributed by atoms with E-state index in [-0.39, 0.29) is 48.1 Å². The molecule has 6 heteroatoms. The number of amides is 1. The van der Waals surface area contributed by atoms with E-state index >= 15 is 0 Å². The molecular formula is C23H33Cl2N3O. The van der Waals surface area contributed by atoms with E-state index in [0.29, 0.717) is 6.54 Å². The Kier molecular flexibility index (Phi) is 10.1. The number of benzene rings is 2. The van der Waals surface area contributed by atoms with E-state index in [2.05, 4.69) is 66.1 Å². The molecule has 0 spiro atoms. The summed E-state index contributed by atoms with van der Waals surface area (Å²) in [5, 5.41) is 6.69. The predicted octanol–water partition coefficient (Wildman–Crippen LogP) is 3.82. The van der Waals surface area contributed by atoms with Gasteiger partial charge in [0.1, 0.15) is 0 Å². The highest BCUT2D eigenvalue weighted by molar-refractivity contribution is 5.85. The summed E-state index contributed by atoms with van der Waals surface area (Å²) in [5.74, 6) is 0.433. The maximum atomic E-state index is 13.4. The fourth-order valence-corrected chi connectivity index (χ4v) is 4.31. The van der Waals surface area contributed by atoms with Crippen LogP contribution >= 0.6 is 24.8 Å². The largest absolute Gasteiger partial charge is 0.338 e. The molecule has 2 aromatic carbocycles. The van der Waals surface area contributed by atoms with Gasteiger partial charge in [-0.3, -0.25) is 4.79 Å². The molecule has 1 heterocycles. The van der Waals surface area contributed by atoms with Gasteiger partial charge in [0.15, 0.2) is 0 Å². The van der Waals surface area contributed by atoms with Crippen molar-refractivity contribution >= 4 is 30.7 Å². The molecule has 1 saturated heterocycles. The molecule has 160 valence electrons. The van der Waals surface area contributed by atoms with Gasteiger partial charge in [-0.05, 0) is 37.6 Å². The van der Waals surface area contributed by atoms with Gasteiger partial charge in [-0.15, -0.1) is 24.8 Å². The lowest BCUT2D eigenvalue weighted by Gasteiger charge is -2.51. The first kappa shape index (κ1) is 25.4. The monoisotopic (exact) mass is 437 g/mol. The first-order valence-corrected chi connectivity index (χ1v) is 9.88. The number of likely N-dealkylation sites (N-methyl/N-ethyl adjacent to an activating group) is 1. The number of carbonyl (C=O) groups excluding carboxylic acids is 1. The second kappa shape index (κ2) is 11.6. The Bertz CT molecular complexity index is 736. The van der Waals surface area contributed by atoms with Gasteiger partial charge in [-0.25, -0.2) is 0 Å². The average Bonchev–Trinajstić information content (AvgIpc) is 2.69. The second-order valence-corrected chi connectivity index (χ2v) is 7.48. The third-order valence-electron chi connectivity index (χ3n) is 5.93. The minimum atomic E-state index is -0.129. The standard InChI is InChI=1S/C23H31N3O.2ClH/c1-4-20(18-11-7-5-8-12-18)21(15-24-2)22(27)26-16-23(17-26,25-3)19-13-9-6-10-14-19;;/h5-14,20-21,24-25H,4,15-17H2,1-3H3;2*1H/t20-,21+;;/m0../s1. The maximum Gasteiger partial charge on any atom is 0.227 e. The van der Waals surface area contributed by atoms with Crippen molar-refractivity contribution in [1.82, 2.24) is 15.5 Å². The molecule has 29 heavy (non-hydrogen) atoms. The summed E-state index contributed by atoms with van der Waals surface area (Å²) in [7, 11) is 3.91. The Hall–Kier alpha value is -1.59. The lowest BCUT2D eigenvalue weighted by Crippen LogP contribution is -2.68. The molecule has 1 amide bonds. The van der Waals surface area contributed by atoms with E-state index in [4.69, 9.17) is 0 Å². The summed E-state index contributed by atoms with van der Waals surface area (Å²) in [5.41, 5.74) is 2.36. The zero-order valence-electron chi connectivity index (χ0n) is 17.4. The molecule has 0 saturated carbocycles. The van der Waals surface area contributed by atoms with E-state index in [1.54, 1.807) is 0 Å². The summed E-state index contributed by atoms with van der Waals surface area (Å²) in [6.45, 7) is 4.31. The molecule has 4 nitrogen and oxygen atoms in total. The first-order chi connectivity index (χ1) is 13.1. The van der Waals surface area contributed by atoms with E-state index in [9.17, 15) is 4.79 Å². The fraction of sp³-hybridized carbons (Fsp3) is 0.435. The van der Waals surface area contributed by atoms with Crippen LogP contribution in [0, 0.1) is 5.92 Å². The van der Waals surface area contributed by atoms with Crippen LogP contribution in [0.15, 0.2) is 60.7 Å². The predicted molar refractivity (Wildman–Crippen MR) is 125 cm³/mol. The molecule has 1 fully saturated rings. The molecule has 0 radical (unpaired) electrons. The number of halogens is 2. The molecule has 2 N–H and O–H groups in total. The van der Waals surface area contributed by atoms with Crippen LogP contribution in [0.3, 0.4) is 0 Å². The van der Waals surface area contributed by atoms with Gasteiger partial charge in [-0.2, -0.15) is 0 Å². The number of likely N-dealkylation sites (tertiary alicyclic amines) is 1. The summed E-state index contributed by atoms with van der Waals surface area (Å²) in [6.07, 6.45) is 0.950. The Labute approximate surface area is 187 Å². The topological polar surface area (TPSA) is 44.4 Å². The van der Waals surface area contributed by atoms with Crippen molar-refractivity contribution in [3.8, 4) is 0 Å². The average molecular weight is 438 g/mol. The van der Waals surface area contributed by atoms with Crippen LogP contribution in [0.5, 0.6) is 0 Å². The van der Waals surface area contributed by atoms with Gasteiger partial charge in [0.25, 0.3) is 0 Å². The Morgan fingerprint density at radius 1 is 1.00 bits per heavy atom. The van der Waals surface area contributed by atoms with Gasteiger partial charge < -0.3 is 15.5 Å². The molecule has 1 aliphatic rings. The Morgan fingerprint density at radius 3 is 2.03 bits per heavy atom. The minimum absolute atomic E-state index is 0. The second-order valence-electron chi connectivity index (χ2n) is 7.48. The normalized spacial score (nSPS) is 16.6. The van der Waals surface area contributed by atoms with Gasteiger partial charge in [0, 0.05) is 19.6 Å². The van der Waals surface area contributed by atoms with Crippen LogP contribution < -0.4 is 10.6 Å². The van der Waals surface area contributed by atoms with Gasteiger partial charge in [0.05, 0.1) is 11.5 Å². The highest BCUT2D eigenvalue weighted by atomic mass is 35.5. The van der Waals surface area contributed by atoms with E-state index in [1.165, 1.54) is 11.1 Å². The van der Waals surface area contributed by atoms with Crippen LogP contribution in [-0.2, 0) is 10.3 Å². The molecule has 2 atom stereocenters. The minimum Gasteiger partial charge on any atom is -0.338 e. The third-order valence-corrected chi connectivity index (χ3v) is 5.93. The van der Waals surface area contributed by atoms with Crippen molar-refractivity contribution in [2.45, 2.75) is 24.8 Å². The molecule has 0 bridgehead atoms. The highest BCUT2D eigenvalue weighted by Crippen LogP contribution is 2.36. The van der Waals surface area contributed by atoms with Crippen molar-refractivity contribution in [2.75, 3.05) is 33.7 Å². The molecule has 0 aromatic heterocycles. The van der Waals surface area contributed by atoms with Crippen molar-refractivity contribution in [3.05, 3.63) is 71.8 Å². The summed E-state index contributed by atoms with van der Waals surface area (Å²) in [4.78, 5) is 15.4. The maximum absolute atomic E-state index is 13.4. The molecule has 2 aromatic rings. The van der Waals surface area contributed by atoms with Gasteiger partial charge in [0.2, 0.25) is 5.91 Å². The van der Waals surface area contributed by atoms with E-state index < -0.39 is 0 Å². The van der Waals surface area contributed by atoms with E-state index in [1.807, 2.05) is 31.1 Å². The van der Waals surface area contributed by atoms with Gasteiger partial charge >= 0.3 is 0 Å². The first-order valence-electron chi connectivity index (χ1n) is 9.88. The fourth-order valence-electron chi connectivity index (χ4n) is 4.31. The van der Waals surface area contributed by atoms with Crippen molar-refractivity contribution < 1.29 is 4.79 Å². The molecular weight excluding hydrogens is 405 g/mol. The summed E-state index contributed by atoms with van der Waals surface area (Å²) < 4.78 is 0. The number of nitrogens with one attached hydrogen (secondary N) is 2.